The molecule has 1 aromatic heterocycles. The number of nitrogens with one attached hydrogen (secondary N) is 1. The van der Waals surface area contributed by atoms with E-state index in [0.29, 0.717) is 0 Å². The van der Waals surface area contributed by atoms with Gasteiger partial charge in [0.15, 0.2) is 0 Å². The van der Waals surface area contributed by atoms with Crippen molar-refractivity contribution in [2.75, 3.05) is 5.32 Å². The van der Waals surface area contributed by atoms with E-state index in [1.165, 1.54) is 19.1 Å². The van der Waals surface area contributed by atoms with Gasteiger partial charge in [-0.3, -0.25) is 9.78 Å². The third-order valence-electron chi connectivity index (χ3n) is 5.72. The maximum Gasteiger partial charge on any atom is 0.283 e. The van der Waals surface area contributed by atoms with Crippen LogP contribution in [-0.4, -0.2) is 28.9 Å². The molecule has 1 aliphatic carbocycles. The summed E-state index contributed by atoms with van der Waals surface area (Å²) < 4.78 is 49.5. The second-order valence-corrected chi connectivity index (χ2v) is 7.90. The lowest BCUT2D eigenvalue weighted by Gasteiger charge is -2.41. The highest BCUT2D eigenvalue weighted by atomic mass is 19.3. The molecule has 2 aromatic rings. The first-order valence-corrected chi connectivity index (χ1v) is 9.54. The Bertz CT molecular complexity index is 1030. The van der Waals surface area contributed by atoms with Crippen LogP contribution in [0.3, 0.4) is 0 Å². The number of pyridine rings is 1. The lowest BCUT2D eigenvalue weighted by molar-refractivity contribution is -0.0961. The van der Waals surface area contributed by atoms with Gasteiger partial charge in [0, 0.05) is 23.9 Å². The first-order valence-electron chi connectivity index (χ1n) is 9.54. The van der Waals surface area contributed by atoms with Gasteiger partial charge in [0.2, 0.25) is 0 Å². The smallest absolute Gasteiger partial charge is 0.283 e. The molecule has 9 heteroatoms. The molecule has 1 aliphatic heterocycles. The van der Waals surface area contributed by atoms with E-state index in [2.05, 4.69) is 15.3 Å². The number of aryl methyl sites for hydroxylation is 1. The second-order valence-electron chi connectivity index (χ2n) is 7.90. The van der Waals surface area contributed by atoms with Crippen molar-refractivity contribution in [3.63, 3.8) is 0 Å². The summed E-state index contributed by atoms with van der Waals surface area (Å²) in [5.74, 6) is -5.70. The van der Waals surface area contributed by atoms with Crippen LogP contribution in [0.5, 0.6) is 0 Å². The Hall–Kier alpha value is -3.10. The Morgan fingerprint density at radius 3 is 2.77 bits per heavy atom. The van der Waals surface area contributed by atoms with Crippen LogP contribution in [0.25, 0.3) is 0 Å². The van der Waals surface area contributed by atoms with Crippen LogP contribution in [0.15, 0.2) is 41.5 Å². The quantitative estimate of drug-likeness (QED) is 0.794. The number of anilines is 1. The van der Waals surface area contributed by atoms with Gasteiger partial charge in [0.05, 0.1) is 5.92 Å². The van der Waals surface area contributed by atoms with Crippen LogP contribution in [0.4, 0.5) is 18.9 Å². The zero-order chi connectivity index (χ0) is 21.7. The van der Waals surface area contributed by atoms with E-state index in [-0.39, 0.29) is 29.4 Å². The highest BCUT2D eigenvalue weighted by molar-refractivity contribution is 6.02. The Balaban J connectivity index is 1.71. The largest absolute Gasteiger partial charge is 0.461 e. The summed E-state index contributed by atoms with van der Waals surface area (Å²) in [6.45, 7) is 3.26. The molecule has 1 fully saturated rings. The minimum Gasteiger partial charge on any atom is -0.461 e. The fraction of sp³-hybridized carbons (Fsp3) is 0.381. The number of hydrogen-bond acceptors (Lipinski definition) is 5. The third-order valence-corrected chi connectivity index (χ3v) is 5.72. The number of carbonyl (C=O) groups excluding carboxylic acids is 1. The molecule has 1 amide bonds. The average Bonchev–Trinajstić information content (AvgIpc) is 2.98. The van der Waals surface area contributed by atoms with Gasteiger partial charge in [-0.05, 0) is 50.1 Å². The summed E-state index contributed by atoms with van der Waals surface area (Å²) in [5, 5.41) is 2.63. The molecule has 6 nitrogen and oxygen atoms in total. The minimum atomic E-state index is -3.10. The average molecular weight is 418 g/mol. The lowest BCUT2D eigenvalue weighted by atomic mass is 9.75. The van der Waals surface area contributed by atoms with E-state index in [1.54, 1.807) is 18.3 Å². The number of hydrogen-bond donors (Lipinski definition) is 2. The molecule has 158 valence electrons. The van der Waals surface area contributed by atoms with E-state index in [4.69, 9.17) is 10.5 Å². The van der Waals surface area contributed by atoms with Crippen molar-refractivity contribution in [2.24, 2.45) is 16.6 Å². The number of amides is 1. The van der Waals surface area contributed by atoms with E-state index < -0.39 is 41.6 Å². The predicted octanol–water partition coefficient (Wildman–Crippen LogP) is 3.76. The molecular formula is C21H21F3N4O2. The maximum atomic E-state index is 14.8. The SMILES string of the molecule is Cc1ccc(C(=O)Nc2ccc(F)c([C@@]3(C)N=C(N)OC4CCC(F)(F)C43)c2)nc1. The van der Waals surface area contributed by atoms with Gasteiger partial charge in [-0.15, -0.1) is 0 Å². The molecule has 0 radical (unpaired) electrons. The van der Waals surface area contributed by atoms with Crippen LogP contribution >= 0.6 is 0 Å². The Kier molecular flexibility index (Phi) is 4.71. The van der Waals surface area contributed by atoms with Crippen LogP contribution in [-0.2, 0) is 10.3 Å². The Morgan fingerprint density at radius 2 is 2.07 bits per heavy atom. The van der Waals surface area contributed by atoms with Crippen LogP contribution in [0.2, 0.25) is 0 Å². The summed E-state index contributed by atoms with van der Waals surface area (Å²) >= 11 is 0. The molecule has 2 heterocycles. The van der Waals surface area contributed by atoms with E-state index in [9.17, 15) is 18.0 Å². The normalized spacial score (nSPS) is 27.0. The van der Waals surface area contributed by atoms with Crippen molar-refractivity contribution in [2.45, 2.75) is 44.3 Å². The Morgan fingerprint density at radius 1 is 1.30 bits per heavy atom. The maximum absolute atomic E-state index is 14.8. The fourth-order valence-electron chi connectivity index (χ4n) is 4.32. The zero-order valence-electron chi connectivity index (χ0n) is 16.5. The number of carbonyl (C=O) groups is 1. The topological polar surface area (TPSA) is 89.6 Å². The molecule has 2 unspecified atom stereocenters. The highest BCUT2D eigenvalue weighted by Gasteiger charge is 2.62. The number of benzene rings is 1. The number of fused-ring (bicyclic) bond motifs is 1. The summed E-state index contributed by atoms with van der Waals surface area (Å²) in [4.78, 5) is 20.6. The van der Waals surface area contributed by atoms with Gasteiger partial charge in [-0.2, -0.15) is 0 Å². The van der Waals surface area contributed by atoms with Crippen molar-refractivity contribution in [1.82, 2.24) is 4.98 Å². The summed E-state index contributed by atoms with van der Waals surface area (Å²) in [7, 11) is 0. The summed E-state index contributed by atoms with van der Waals surface area (Å²) in [6.07, 6.45) is 0.392. The van der Waals surface area contributed by atoms with Gasteiger partial charge < -0.3 is 15.8 Å². The molecule has 2 aliphatic rings. The van der Waals surface area contributed by atoms with Crippen molar-refractivity contribution >= 4 is 17.6 Å². The number of amidine groups is 1. The highest BCUT2D eigenvalue weighted by Crippen LogP contribution is 2.54. The zero-order valence-corrected chi connectivity index (χ0v) is 16.5. The number of alkyl halides is 2. The summed E-state index contributed by atoms with van der Waals surface area (Å²) in [6, 6.07) is 6.82. The summed E-state index contributed by atoms with van der Waals surface area (Å²) in [5.41, 5.74) is 5.30. The molecule has 4 rings (SSSR count). The standard InChI is InChI=1S/C21H21F3N4O2/c1-11-3-6-15(26-10-11)18(29)27-12-4-5-14(22)13(9-12)20(2)17-16(30-19(25)28-20)7-8-21(17,23)24/h3-6,9-10,16-17H,7-8H2,1-2H3,(H2,25,28)(H,27,29)/t16?,17?,20-/m1/s1. The van der Waals surface area contributed by atoms with Gasteiger partial charge in [0.25, 0.3) is 17.9 Å². The number of halogens is 3. The minimum absolute atomic E-state index is 0.0833. The number of ether oxygens (including phenoxy) is 1. The molecule has 0 saturated heterocycles. The van der Waals surface area contributed by atoms with Crippen LogP contribution < -0.4 is 11.1 Å². The van der Waals surface area contributed by atoms with Crippen LogP contribution in [0, 0.1) is 18.7 Å². The van der Waals surface area contributed by atoms with Crippen molar-refractivity contribution in [3.8, 4) is 0 Å². The second kappa shape index (κ2) is 7.00. The first-order chi connectivity index (χ1) is 14.1. The van der Waals surface area contributed by atoms with E-state index in [1.807, 2.05) is 6.92 Å². The Labute approximate surface area is 171 Å². The lowest BCUT2D eigenvalue weighted by Crippen LogP contribution is -2.51. The number of nitrogens with zero attached hydrogens (tertiary/aromatic N) is 2. The van der Waals surface area contributed by atoms with Gasteiger partial charge in [0.1, 0.15) is 23.2 Å². The first kappa shape index (κ1) is 20.2. The molecular weight excluding hydrogens is 397 g/mol. The number of rotatable bonds is 3. The molecule has 0 bridgehead atoms. The molecule has 3 N–H and O–H groups in total. The van der Waals surface area contributed by atoms with Crippen LogP contribution in [0.1, 0.15) is 41.4 Å². The molecule has 3 atom stereocenters. The predicted molar refractivity (Wildman–Crippen MR) is 105 cm³/mol. The molecule has 30 heavy (non-hydrogen) atoms. The number of aromatic nitrogens is 1. The van der Waals surface area contributed by atoms with E-state index in [0.717, 1.165) is 11.6 Å². The molecule has 1 saturated carbocycles. The third kappa shape index (κ3) is 3.38. The number of nitrogens with two attached hydrogens (primary N) is 1. The van der Waals surface area contributed by atoms with Gasteiger partial charge >= 0.3 is 0 Å². The molecule has 1 aromatic carbocycles. The van der Waals surface area contributed by atoms with Crippen molar-refractivity contribution < 1.29 is 22.7 Å². The number of aliphatic imine (C=N–C) groups is 1. The van der Waals surface area contributed by atoms with Crippen molar-refractivity contribution in [1.29, 1.82) is 0 Å². The fourth-order valence-corrected chi connectivity index (χ4v) is 4.32. The van der Waals surface area contributed by atoms with Gasteiger partial charge in [-0.25, -0.2) is 18.2 Å². The monoisotopic (exact) mass is 418 g/mol. The van der Waals surface area contributed by atoms with E-state index >= 15 is 0 Å². The van der Waals surface area contributed by atoms with Crippen molar-refractivity contribution in [3.05, 3.63) is 59.2 Å². The van der Waals surface area contributed by atoms with Gasteiger partial charge in [-0.1, -0.05) is 6.07 Å². The molecule has 0 spiro atoms.